The van der Waals surface area contributed by atoms with Crippen molar-refractivity contribution in [3.8, 4) is 11.3 Å². The number of rotatable bonds is 5. The van der Waals surface area contributed by atoms with E-state index in [-0.39, 0.29) is 6.61 Å². The maximum absolute atomic E-state index is 12.0. The van der Waals surface area contributed by atoms with Crippen LogP contribution in [0.15, 0.2) is 65.2 Å². The van der Waals surface area contributed by atoms with Crippen molar-refractivity contribution in [1.29, 1.82) is 0 Å². The predicted molar refractivity (Wildman–Crippen MR) is 88.8 cm³/mol. The molecule has 0 radical (unpaired) electrons. The average Bonchev–Trinajstić information content (AvgIpc) is 3.15. The standard InChI is InChI=1S/C19H15NO5/c1-23-18(21)14-7-9-15(10-8-14)19(22)24-12-16-11-17(25-20-16)13-5-3-2-4-6-13/h2-11H,12H2,1H3. The minimum absolute atomic E-state index is 0.00603. The van der Waals surface area contributed by atoms with Crippen LogP contribution in [0.2, 0.25) is 0 Å². The number of esters is 2. The van der Waals surface area contributed by atoms with Crippen molar-refractivity contribution in [3.63, 3.8) is 0 Å². The van der Waals surface area contributed by atoms with Crippen LogP contribution in [0.3, 0.4) is 0 Å². The summed E-state index contributed by atoms with van der Waals surface area (Å²) in [5, 5.41) is 3.89. The number of hydrogen-bond acceptors (Lipinski definition) is 6. The summed E-state index contributed by atoms with van der Waals surface area (Å²) in [6, 6.07) is 17.3. The fourth-order valence-electron chi connectivity index (χ4n) is 2.20. The molecule has 1 heterocycles. The van der Waals surface area contributed by atoms with Gasteiger partial charge in [0.15, 0.2) is 5.76 Å². The van der Waals surface area contributed by atoms with Crippen molar-refractivity contribution in [2.24, 2.45) is 0 Å². The molecule has 2 aromatic carbocycles. The zero-order chi connectivity index (χ0) is 17.6. The largest absolute Gasteiger partial charge is 0.465 e. The van der Waals surface area contributed by atoms with Gasteiger partial charge in [0.25, 0.3) is 0 Å². The van der Waals surface area contributed by atoms with Crippen LogP contribution in [0.4, 0.5) is 0 Å². The number of hydrogen-bond donors (Lipinski definition) is 0. The fraction of sp³-hybridized carbons (Fsp3) is 0.105. The van der Waals surface area contributed by atoms with E-state index in [0.717, 1.165) is 5.56 Å². The van der Waals surface area contributed by atoms with Gasteiger partial charge in [-0.15, -0.1) is 0 Å². The van der Waals surface area contributed by atoms with Crippen molar-refractivity contribution in [2.75, 3.05) is 7.11 Å². The highest BCUT2D eigenvalue weighted by molar-refractivity contribution is 5.93. The SMILES string of the molecule is COC(=O)c1ccc(C(=O)OCc2cc(-c3ccccc3)on2)cc1. The van der Waals surface area contributed by atoms with E-state index >= 15 is 0 Å². The first-order valence-corrected chi connectivity index (χ1v) is 7.54. The Labute approximate surface area is 144 Å². The highest BCUT2D eigenvalue weighted by Gasteiger charge is 2.12. The molecule has 25 heavy (non-hydrogen) atoms. The smallest absolute Gasteiger partial charge is 0.338 e. The Kier molecular flexibility index (Phi) is 4.89. The molecule has 3 rings (SSSR count). The monoisotopic (exact) mass is 337 g/mol. The molecule has 0 bridgehead atoms. The Bertz CT molecular complexity index is 868. The second-order valence-electron chi connectivity index (χ2n) is 5.19. The van der Waals surface area contributed by atoms with Crippen molar-refractivity contribution in [2.45, 2.75) is 6.61 Å². The lowest BCUT2D eigenvalue weighted by atomic mass is 10.1. The maximum atomic E-state index is 12.0. The highest BCUT2D eigenvalue weighted by Crippen LogP contribution is 2.20. The molecule has 0 amide bonds. The lowest BCUT2D eigenvalue weighted by Crippen LogP contribution is -2.07. The summed E-state index contributed by atoms with van der Waals surface area (Å²) in [4.78, 5) is 23.4. The van der Waals surface area contributed by atoms with Crippen LogP contribution >= 0.6 is 0 Å². The topological polar surface area (TPSA) is 78.6 Å². The summed E-state index contributed by atoms with van der Waals surface area (Å²) < 4.78 is 15.1. The van der Waals surface area contributed by atoms with Gasteiger partial charge in [0.05, 0.1) is 18.2 Å². The highest BCUT2D eigenvalue weighted by atomic mass is 16.5. The lowest BCUT2D eigenvalue weighted by Gasteiger charge is -2.03. The molecule has 0 aliphatic carbocycles. The molecule has 0 N–H and O–H groups in total. The van der Waals surface area contributed by atoms with Gasteiger partial charge in [-0.05, 0) is 24.3 Å². The second-order valence-corrected chi connectivity index (χ2v) is 5.19. The third kappa shape index (κ3) is 3.92. The van der Waals surface area contributed by atoms with Crippen LogP contribution in [0.1, 0.15) is 26.4 Å². The molecule has 6 heteroatoms. The van der Waals surface area contributed by atoms with Gasteiger partial charge in [-0.3, -0.25) is 0 Å². The van der Waals surface area contributed by atoms with Gasteiger partial charge in [-0.2, -0.15) is 0 Å². The Hall–Kier alpha value is -3.41. The van der Waals surface area contributed by atoms with E-state index in [4.69, 9.17) is 9.26 Å². The number of methoxy groups -OCH3 is 1. The molecule has 0 spiro atoms. The molecule has 6 nitrogen and oxygen atoms in total. The van der Waals surface area contributed by atoms with Crippen molar-refractivity contribution in [3.05, 3.63) is 77.5 Å². The molecule has 3 aromatic rings. The average molecular weight is 337 g/mol. The van der Waals surface area contributed by atoms with Crippen molar-refractivity contribution in [1.82, 2.24) is 5.16 Å². The third-order valence-electron chi connectivity index (χ3n) is 3.51. The third-order valence-corrected chi connectivity index (χ3v) is 3.51. The summed E-state index contributed by atoms with van der Waals surface area (Å²) >= 11 is 0. The second kappa shape index (κ2) is 7.44. The zero-order valence-electron chi connectivity index (χ0n) is 13.5. The van der Waals surface area contributed by atoms with Gasteiger partial charge >= 0.3 is 11.9 Å². The molecular formula is C19H15NO5. The normalized spacial score (nSPS) is 10.3. The van der Waals surface area contributed by atoms with E-state index in [2.05, 4.69) is 9.89 Å². The summed E-state index contributed by atoms with van der Waals surface area (Å²) in [5.74, 6) is -0.370. The molecule has 0 saturated heterocycles. The van der Waals surface area contributed by atoms with Crippen LogP contribution in [0, 0.1) is 0 Å². The van der Waals surface area contributed by atoms with Gasteiger partial charge < -0.3 is 14.0 Å². The van der Waals surface area contributed by atoms with Gasteiger partial charge in [-0.1, -0.05) is 35.5 Å². The maximum Gasteiger partial charge on any atom is 0.338 e. The number of carbonyl (C=O) groups is 2. The number of carbonyl (C=O) groups excluding carboxylic acids is 2. The van der Waals surface area contributed by atoms with Gasteiger partial charge in [0, 0.05) is 11.6 Å². The zero-order valence-corrected chi connectivity index (χ0v) is 13.5. The Morgan fingerprint density at radius 3 is 2.24 bits per heavy atom. The molecule has 0 saturated carbocycles. The van der Waals surface area contributed by atoms with Crippen LogP contribution < -0.4 is 0 Å². The van der Waals surface area contributed by atoms with Crippen LogP contribution in [-0.4, -0.2) is 24.2 Å². The first kappa shape index (κ1) is 16.4. The minimum atomic E-state index is -0.513. The number of aromatic nitrogens is 1. The van der Waals surface area contributed by atoms with E-state index in [1.807, 2.05) is 30.3 Å². The predicted octanol–water partition coefficient (Wildman–Crippen LogP) is 3.49. The quantitative estimate of drug-likeness (QED) is 0.663. The molecule has 0 atom stereocenters. The minimum Gasteiger partial charge on any atom is -0.465 e. The summed E-state index contributed by atoms with van der Waals surface area (Å²) in [6.07, 6.45) is 0. The molecule has 0 aliphatic rings. The Balaban J connectivity index is 1.61. The van der Waals surface area contributed by atoms with Gasteiger partial charge in [0.1, 0.15) is 12.3 Å². The van der Waals surface area contributed by atoms with Gasteiger partial charge in [-0.25, -0.2) is 9.59 Å². The van der Waals surface area contributed by atoms with Crippen LogP contribution in [0.5, 0.6) is 0 Å². The van der Waals surface area contributed by atoms with E-state index in [1.165, 1.54) is 31.4 Å². The summed E-state index contributed by atoms with van der Waals surface area (Å²) in [7, 11) is 1.30. The van der Waals surface area contributed by atoms with Crippen LogP contribution in [-0.2, 0) is 16.1 Å². The van der Waals surface area contributed by atoms with E-state index < -0.39 is 11.9 Å². The van der Waals surface area contributed by atoms with Crippen molar-refractivity contribution >= 4 is 11.9 Å². The molecule has 0 fully saturated rings. The Morgan fingerprint density at radius 1 is 0.960 bits per heavy atom. The Morgan fingerprint density at radius 2 is 1.60 bits per heavy atom. The number of ether oxygens (including phenoxy) is 2. The van der Waals surface area contributed by atoms with Gasteiger partial charge in [0.2, 0.25) is 0 Å². The molecule has 126 valence electrons. The summed E-state index contributed by atoms with van der Waals surface area (Å²) in [6.45, 7) is -0.00603. The first-order valence-electron chi connectivity index (χ1n) is 7.54. The fourth-order valence-corrected chi connectivity index (χ4v) is 2.20. The molecular weight excluding hydrogens is 322 g/mol. The molecule has 0 aliphatic heterocycles. The van der Waals surface area contributed by atoms with Crippen LogP contribution in [0.25, 0.3) is 11.3 Å². The number of benzene rings is 2. The van der Waals surface area contributed by atoms with E-state index in [0.29, 0.717) is 22.6 Å². The van der Waals surface area contributed by atoms with E-state index in [1.54, 1.807) is 6.07 Å². The summed E-state index contributed by atoms with van der Waals surface area (Å²) in [5.41, 5.74) is 2.10. The lowest BCUT2D eigenvalue weighted by molar-refractivity contribution is 0.0463. The number of nitrogens with zero attached hydrogens (tertiary/aromatic N) is 1. The first-order chi connectivity index (χ1) is 12.2. The van der Waals surface area contributed by atoms with E-state index in [9.17, 15) is 9.59 Å². The van der Waals surface area contributed by atoms with Crippen molar-refractivity contribution < 1.29 is 23.6 Å². The molecule has 0 unspecified atom stereocenters. The molecule has 1 aromatic heterocycles.